The second kappa shape index (κ2) is 10.8. The zero-order chi connectivity index (χ0) is 27.6. The van der Waals surface area contributed by atoms with Gasteiger partial charge in [0.15, 0.2) is 5.13 Å². The summed E-state index contributed by atoms with van der Waals surface area (Å²) >= 11 is 2.56. The number of hydrogen-bond donors (Lipinski definition) is 2. The predicted molar refractivity (Wildman–Crippen MR) is 161 cm³/mol. The van der Waals surface area contributed by atoms with Crippen LogP contribution in [-0.4, -0.2) is 35.1 Å². The normalized spacial score (nSPS) is 10.9. The zero-order valence-corrected chi connectivity index (χ0v) is 23.2. The number of nitrogens with one attached hydrogen (secondary N) is 1. The summed E-state index contributed by atoms with van der Waals surface area (Å²) < 4.78 is 11.2. The van der Waals surface area contributed by atoms with Crippen molar-refractivity contribution >= 4 is 49.6 Å². The fourth-order valence-corrected chi connectivity index (χ4v) is 6.11. The van der Waals surface area contributed by atoms with E-state index in [4.69, 9.17) is 20.2 Å². The van der Waals surface area contributed by atoms with E-state index in [1.807, 2.05) is 78.2 Å². The molecule has 6 rings (SSSR count). The van der Waals surface area contributed by atoms with Crippen molar-refractivity contribution in [2.75, 3.05) is 25.3 Å². The summed E-state index contributed by atoms with van der Waals surface area (Å²) in [6.07, 6.45) is 1.70. The second-order valence-corrected chi connectivity index (χ2v) is 10.6. The van der Waals surface area contributed by atoms with Gasteiger partial charge in [0.05, 0.1) is 31.3 Å². The number of amides is 1. The van der Waals surface area contributed by atoms with Gasteiger partial charge < -0.3 is 15.2 Å². The molecule has 0 unspecified atom stereocenters. The molecule has 3 N–H and O–H groups in total. The van der Waals surface area contributed by atoms with Crippen LogP contribution in [0.2, 0.25) is 0 Å². The molecule has 1 amide bonds. The number of rotatable bonds is 7. The molecule has 0 spiro atoms. The first-order chi connectivity index (χ1) is 19.6. The maximum Gasteiger partial charge on any atom is 0.269 e. The van der Waals surface area contributed by atoms with Gasteiger partial charge in [-0.1, -0.05) is 36.4 Å². The first-order valence-corrected chi connectivity index (χ1v) is 13.9. The van der Waals surface area contributed by atoms with Crippen LogP contribution in [0.5, 0.6) is 11.5 Å². The standard InChI is InChI=1S/C30H23N5O3S2/c1-37-18-11-12-24(38-2)19(14-18)20-15-22(17-8-4-3-5-9-17)33-29-25(20)26(31)27(40-29)28(36)35-30-34-23(16-39-30)21-10-6-7-13-32-21/h3-16H,31H2,1-2H3,(H,34,35,36). The lowest BCUT2D eigenvalue weighted by Crippen LogP contribution is -2.11. The van der Waals surface area contributed by atoms with Gasteiger partial charge in [-0.2, -0.15) is 0 Å². The number of carbonyl (C=O) groups excluding carboxylic acids is 1. The van der Waals surface area contributed by atoms with Crippen molar-refractivity contribution in [1.29, 1.82) is 0 Å². The highest BCUT2D eigenvalue weighted by Crippen LogP contribution is 2.45. The summed E-state index contributed by atoms with van der Waals surface area (Å²) in [5.41, 5.74) is 11.7. The van der Waals surface area contributed by atoms with Crippen LogP contribution in [0.1, 0.15) is 9.67 Å². The molecule has 40 heavy (non-hydrogen) atoms. The third-order valence-corrected chi connectivity index (χ3v) is 8.18. The third-order valence-electron chi connectivity index (χ3n) is 6.32. The number of thiophene rings is 1. The molecular formula is C30H23N5O3S2. The van der Waals surface area contributed by atoms with Gasteiger partial charge in [-0.3, -0.25) is 15.1 Å². The molecule has 0 aliphatic rings. The number of nitrogen functional groups attached to an aromatic ring is 1. The third kappa shape index (κ3) is 4.74. The van der Waals surface area contributed by atoms with Crippen LogP contribution in [-0.2, 0) is 0 Å². The van der Waals surface area contributed by atoms with Gasteiger partial charge in [0.2, 0.25) is 0 Å². The zero-order valence-electron chi connectivity index (χ0n) is 21.5. The number of anilines is 2. The van der Waals surface area contributed by atoms with E-state index in [-0.39, 0.29) is 5.91 Å². The van der Waals surface area contributed by atoms with Crippen LogP contribution in [0.25, 0.3) is 44.0 Å². The molecule has 6 aromatic rings. The van der Waals surface area contributed by atoms with Crippen molar-refractivity contribution in [3.05, 3.63) is 89.3 Å². The monoisotopic (exact) mass is 565 g/mol. The van der Waals surface area contributed by atoms with Crippen LogP contribution < -0.4 is 20.5 Å². The molecule has 198 valence electrons. The van der Waals surface area contributed by atoms with E-state index in [1.54, 1.807) is 20.4 Å². The Morgan fingerprint density at radius 3 is 2.45 bits per heavy atom. The minimum absolute atomic E-state index is 0.339. The lowest BCUT2D eigenvalue weighted by atomic mass is 9.98. The van der Waals surface area contributed by atoms with E-state index in [1.165, 1.54) is 22.7 Å². The Balaban J connectivity index is 1.46. The number of ether oxygens (including phenoxy) is 2. The average Bonchev–Trinajstić information content (AvgIpc) is 3.61. The highest BCUT2D eigenvalue weighted by atomic mass is 32.1. The van der Waals surface area contributed by atoms with Crippen molar-refractivity contribution < 1.29 is 14.3 Å². The number of nitrogens with zero attached hydrogens (tertiary/aromatic N) is 3. The Hall–Kier alpha value is -4.80. The lowest BCUT2D eigenvalue weighted by molar-refractivity contribution is 0.103. The average molecular weight is 566 g/mol. The number of benzene rings is 2. The minimum atomic E-state index is -0.354. The molecule has 8 nitrogen and oxygen atoms in total. The highest BCUT2D eigenvalue weighted by molar-refractivity contribution is 7.21. The smallest absolute Gasteiger partial charge is 0.269 e. The van der Waals surface area contributed by atoms with Crippen molar-refractivity contribution in [2.24, 2.45) is 0 Å². The Morgan fingerprint density at radius 1 is 0.875 bits per heavy atom. The van der Waals surface area contributed by atoms with Crippen LogP contribution in [0.15, 0.2) is 84.4 Å². The van der Waals surface area contributed by atoms with Gasteiger partial charge in [0.25, 0.3) is 5.91 Å². The van der Waals surface area contributed by atoms with Crippen molar-refractivity contribution in [3.8, 4) is 45.3 Å². The number of methoxy groups -OCH3 is 2. The van der Waals surface area contributed by atoms with Crippen LogP contribution in [0, 0.1) is 0 Å². The number of nitrogens with two attached hydrogens (primary N) is 1. The van der Waals surface area contributed by atoms with E-state index in [9.17, 15) is 4.79 Å². The first kappa shape index (κ1) is 25.5. The molecule has 0 atom stereocenters. The Bertz CT molecular complexity index is 1840. The first-order valence-electron chi connectivity index (χ1n) is 12.2. The molecule has 10 heteroatoms. The van der Waals surface area contributed by atoms with Gasteiger partial charge in [-0.15, -0.1) is 22.7 Å². The number of fused-ring (bicyclic) bond motifs is 1. The molecule has 0 aliphatic carbocycles. The Labute approximate surface area is 238 Å². The predicted octanol–water partition coefficient (Wildman–Crippen LogP) is 7.00. The van der Waals surface area contributed by atoms with Crippen LogP contribution in [0.3, 0.4) is 0 Å². The van der Waals surface area contributed by atoms with E-state index < -0.39 is 0 Å². The fraction of sp³-hybridized carbons (Fsp3) is 0.0667. The molecule has 4 heterocycles. The van der Waals surface area contributed by atoms with Crippen molar-refractivity contribution in [2.45, 2.75) is 0 Å². The summed E-state index contributed by atoms with van der Waals surface area (Å²) in [7, 11) is 3.23. The van der Waals surface area contributed by atoms with Gasteiger partial charge in [-0.05, 0) is 36.4 Å². The highest BCUT2D eigenvalue weighted by Gasteiger charge is 2.24. The molecule has 0 saturated heterocycles. The van der Waals surface area contributed by atoms with Gasteiger partial charge in [0, 0.05) is 33.7 Å². The van der Waals surface area contributed by atoms with E-state index >= 15 is 0 Å². The molecule has 2 aromatic carbocycles. The topological polar surface area (TPSA) is 112 Å². The molecule has 0 saturated carbocycles. The van der Waals surface area contributed by atoms with E-state index in [0.29, 0.717) is 43.1 Å². The number of thiazole rings is 1. The minimum Gasteiger partial charge on any atom is -0.497 e. The summed E-state index contributed by atoms with van der Waals surface area (Å²) in [4.78, 5) is 28.2. The van der Waals surface area contributed by atoms with Gasteiger partial charge >= 0.3 is 0 Å². The molecule has 0 radical (unpaired) electrons. The van der Waals surface area contributed by atoms with Crippen LogP contribution in [0.4, 0.5) is 10.8 Å². The molecular weight excluding hydrogens is 542 g/mol. The summed E-state index contributed by atoms with van der Waals surface area (Å²) in [6.45, 7) is 0. The largest absolute Gasteiger partial charge is 0.497 e. The lowest BCUT2D eigenvalue weighted by Gasteiger charge is -2.13. The van der Waals surface area contributed by atoms with Crippen molar-refractivity contribution in [1.82, 2.24) is 15.0 Å². The second-order valence-electron chi connectivity index (χ2n) is 8.72. The number of pyridine rings is 2. The maximum atomic E-state index is 13.5. The number of carbonyl (C=O) groups is 1. The van der Waals surface area contributed by atoms with E-state index in [2.05, 4.69) is 15.3 Å². The van der Waals surface area contributed by atoms with Crippen LogP contribution >= 0.6 is 22.7 Å². The molecule has 0 bridgehead atoms. The molecule has 0 fully saturated rings. The van der Waals surface area contributed by atoms with Gasteiger partial charge in [-0.25, -0.2) is 9.97 Å². The maximum absolute atomic E-state index is 13.5. The molecule has 0 aliphatic heterocycles. The van der Waals surface area contributed by atoms with Crippen molar-refractivity contribution in [3.63, 3.8) is 0 Å². The van der Waals surface area contributed by atoms with Gasteiger partial charge in [0.1, 0.15) is 26.9 Å². The quantitative estimate of drug-likeness (QED) is 0.214. The molecule has 4 aromatic heterocycles. The Morgan fingerprint density at radius 2 is 1.70 bits per heavy atom. The summed E-state index contributed by atoms with van der Waals surface area (Å²) in [5, 5.41) is 5.88. The SMILES string of the molecule is COc1ccc(OC)c(-c2cc(-c3ccccc3)nc3sc(C(=O)Nc4nc(-c5ccccn5)cs4)c(N)c23)c1. The number of aromatic nitrogens is 3. The summed E-state index contributed by atoms with van der Waals surface area (Å²) in [5.74, 6) is 0.960. The fourth-order valence-electron chi connectivity index (χ4n) is 4.40. The Kier molecular flexibility index (Phi) is 6.85. The summed E-state index contributed by atoms with van der Waals surface area (Å²) in [6, 6.07) is 23.0. The van der Waals surface area contributed by atoms with E-state index in [0.717, 1.165) is 28.1 Å². The number of hydrogen-bond acceptors (Lipinski definition) is 9.